The topological polar surface area (TPSA) is 41.6 Å². The van der Waals surface area contributed by atoms with E-state index in [1.807, 2.05) is 39.0 Å². The van der Waals surface area contributed by atoms with Crippen molar-refractivity contribution in [3.05, 3.63) is 29.3 Å². The average molecular weight is 332 g/mol. The quantitative estimate of drug-likeness (QED) is 0.779. The number of carbonyl (C=O) groups is 1. The molecule has 1 atom stereocenters. The highest BCUT2D eigenvalue weighted by Crippen LogP contribution is 2.21. The van der Waals surface area contributed by atoms with Gasteiger partial charge in [-0.3, -0.25) is 4.79 Å². The molecule has 1 fully saturated rings. The van der Waals surface area contributed by atoms with Gasteiger partial charge in [-0.25, -0.2) is 0 Å². The Kier molecular flexibility index (Phi) is 7.10. The SMILES string of the molecule is Cc1cccc(O[C@@H](C)C(=O)NCCCN2CCC(C)CC2)c1C. The minimum Gasteiger partial charge on any atom is -0.481 e. The Morgan fingerprint density at radius 2 is 2.04 bits per heavy atom. The Balaban J connectivity index is 1.67. The molecule has 0 aliphatic carbocycles. The van der Waals surface area contributed by atoms with E-state index in [2.05, 4.69) is 17.1 Å². The summed E-state index contributed by atoms with van der Waals surface area (Å²) in [5.74, 6) is 1.62. The van der Waals surface area contributed by atoms with Gasteiger partial charge >= 0.3 is 0 Å². The van der Waals surface area contributed by atoms with Gasteiger partial charge in [-0.15, -0.1) is 0 Å². The summed E-state index contributed by atoms with van der Waals surface area (Å²) >= 11 is 0. The highest BCUT2D eigenvalue weighted by atomic mass is 16.5. The maximum Gasteiger partial charge on any atom is 0.260 e. The number of piperidine rings is 1. The standard InChI is InChI=1S/C20H32N2O2/c1-15-9-13-22(14-10-15)12-6-11-21-20(23)18(4)24-19-8-5-7-16(2)17(19)3/h5,7-8,15,18H,6,9-14H2,1-4H3,(H,21,23)/t18-/m0/s1. The molecule has 1 aromatic carbocycles. The first-order chi connectivity index (χ1) is 11.5. The molecular formula is C20H32N2O2. The van der Waals surface area contributed by atoms with E-state index in [9.17, 15) is 4.79 Å². The predicted molar refractivity (Wildman–Crippen MR) is 98.5 cm³/mol. The van der Waals surface area contributed by atoms with E-state index in [0.717, 1.165) is 30.2 Å². The lowest BCUT2D eigenvalue weighted by Crippen LogP contribution is -2.39. The molecule has 0 bridgehead atoms. The van der Waals surface area contributed by atoms with E-state index >= 15 is 0 Å². The second-order valence-electron chi connectivity index (χ2n) is 7.13. The maximum atomic E-state index is 12.2. The van der Waals surface area contributed by atoms with Crippen LogP contribution in [-0.2, 0) is 4.79 Å². The van der Waals surface area contributed by atoms with Crippen molar-refractivity contribution in [3.8, 4) is 5.75 Å². The number of carbonyl (C=O) groups excluding carboxylic acids is 1. The third-order valence-electron chi connectivity index (χ3n) is 5.05. The van der Waals surface area contributed by atoms with Gasteiger partial charge in [0.2, 0.25) is 0 Å². The van der Waals surface area contributed by atoms with Crippen LogP contribution in [0.5, 0.6) is 5.75 Å². The number of hydrogen-bond donors (Lipinski definition) is 1. The molecule has 0 unspecified atom stereocenters. The van der Waals surface area contributed by atoms with Crippen molar-refractivity contribution >= 4 is 5.91 Å². The molecule has 2 rings (SSSR count). The maximum absolute atomic E-state index is 12.2. The number of benzene rings is 1. The van der Waals surface area contributed by atoms with Gasteiger partial charge in [-0.1, -0.05) is 19.1 Å². The van der Waals surface area contributed by atoms with Gasteiger partial charge in [-0.05, 0) is 82.8 Å². The Hall–Kier alpha value is -1.55. The zero-order valence-corrected chi connectivity index (χ0v) is 15.6. The van der Waals surface area contributed by atoms with Crippen LogP contribution in [0.3, 0.4) is 0 Å². The van der Waals surface area contributed by atoms with E-state index in [-0.39, 0.29) is 5.91 Å². The number of nitrogens with zero attached hydrogens (tertiary/aromatic N) is 1. The Morgan fingerprint density at radius 1 is 1.33 bits per heavy atom. The van der Waals surface area contributed by atoms with Crippen molar-refractivity contribution in [3.63, 3.8) is 0 Å². The molecule has 1 saturated heterocycles. The van der Waals surface area contributed by atoms with Gasteiger partial charge in [-0.2, -0.15) is 0 Å². The number of likely N-dealkylation sites (tertiary alicyclic amines) is 1. The van der Waals surface area contributed by atoms with E-state index in [1.165, 1.54) is 31.5 Å². The molecular weight excluding hydrogens is 300 g/mol. The van der Waals surface area contributed by atoms with E-state index in [4.69, 9.17) is 4.74 Å². The first-order valence-corrected chi connectivity index (χ1v) is 9.20. The number of aryl methyl sites for hydroxylation is 1. The Morgan fingerprint density at radius 3 is 2.75 bits per heavy atom. The molecule has 1 aliphatic rings. The van der Waals surface area contributed by atoms with E-state index in [0.29, 0.717) is 6.54 Å². The number of ether oxygens (including phenoxy) is 1. The molecule has 0 radical (unpaired) electrons. The summed E-state index contributed by atoms with van der Waals surface area (Å²) in [4.78, 5) is 14.7. The summed E-state index contributed by atoms with van der Waals surface area (Å²) < 4.78 is 5.82. The fraction of sp³-hybridized carbons (Fsp3) is 0.650. The van der Waals surface area contributed by atoms with Crippen LogP contribution in [0.1, 0.15) is 44.2 Å². The molecule has 24 heavy (non-hydrogen) atoms. The summed E-state index contributed by atoms with van der Waals surface area (Å²) in [7, 11) is 0. The van der Waals surface area contributed by atoms with Crippen LogP contribution in [0.4, 0.5) is 0 Å². The largest absolute Gasteiger partial charge is 0.481 e. The Labute approximate surface area is 146 Å². The number of rotatable bonds is 7. The summed E-state index contributed by atoms with van der Waals surface area (Å²) in [6.07, 6.45) is 3.12. The lowest BCUT2D eigenvalue weighted by Gasteiger charge is -2.30. The molecule has 0 saturated carbocycles. The fourth-order valence-electron chi connectivity index (χ4n) is 3.04. The van der Waals surface area contributed by atoms with Crippen LogP contribution in [0.25, 0.3) is 0 Å². The third kappa shape index (κ3) is 5.52. The zero-order chi connectivity index (χ0) is 17.5. The summed E-state index contributed by atoms with van der Waals surface area (Å²) in [5, 5.41) is 2.99. The van der Waals surface area contributed by atoms with Crippen molar-refractivity contribution in [2.24, 2.45) is 5.92 Å². The number of nitrogens with one attached hydrogen (secondary N) is 1. The van der Waals surface area contributed by atoms with Gasteiger partial charge in [0.1, 0.15) is 5.75 Å². The van der Waals surface area contributed by atoms with Crippen molar-refractivity contribution in [2.45, 2.75) is 53.1 Å². The number of amides is 1. The van der Waals surface area contributed by atoms with Crippen molar-refractivity contribution < 1.29 is 9.53 Å². The Bertz CT molecular complexity index is 536. The summed E-state index contributed by atoms with van der Waals surface area (Å²) in [5.41, 5.74) is 2.27. The second kappa shape index (κ2) is 9.07. The summed E-state index contributed by atoms with van der Waals surface area (Å²) in [6.45, 7) is 12.4. The molecule has 4 nitrogen and oxygen atoms in total. The monoisotopic (exact) mass is 332 g/mol. The highest BCUT2D eigenvalue weighted by Gasteiger charge is 2.17. The van der Waals surface area contributed by atoms with Crippen LogP contribution < -0.4 is 10.1 Å². The summed E-state index contributed by atoms with van der Waals surface area (Å²) in [6, 6.07) is 5.93. The minimum atomic E-state index is -0.471. The van der Waals surface area contributed by atoms with Crippen molar-refractivity contribution in [1.29, 1.82) is 0 Å². The van der Waals surface area contributed by atoms with Crippen LogP contribution in [0.2, 0.25) is 0 Å². The molecule has 1 N–H and O–H groups in total. The van der Waals surface area contributed by atoms with Gasteiger partial charge < -0.3 is 15.0 Å². The third-order valence-corrected chi connectivity index (χ3v) is 5.05. The molecule has 0 spiro atoms. The lowest BCUT2D eigenvalue weighted by molar-refractivity contribution is -0.127. The van der Waals surface area contributed by atoms with Crippen LogP contribution >= 0.6 is 0 Å². The average Bonchev–Trinajstić information content (AvgIpc) is 2.57. The van der Waals surface area contributed by atoms with E-state index < -0.39 is 6.10 Å². The molecule has 4 heteroatoms. The normalized spacial score (nSPS) is 17.5. The fourth-order valence-corrected chi connectivity index (χ4v) is 3.04. The molecule has 1 aromatic rings. The van der Waals surface area contributed by atoms with Crippen molar-refractivity contribution in [2.75, 3.05) is 26.2 Å². The van der Waals surface area contributed by atoms with Gasteiger partial charge in [0, 0.05) is 6.54 Å². The van der Waals surface area contributed by atoms with Gasteiger partial charge in [0.05, 0.1) is 0 Å². The molecule has 0 aromatic heterocycles. The van der Waals surface area contributed by atoms with Crippen LogP contribution in [-0.4, -0.2) is 43.1 Å². The van der Waals surface area contributed by atoms with Gasteiger partial charge in [0.25, 0.3) is 5.91 Å². The van der Waals surface area contributed by atoms with Crippen LogP contribution in [0.15, 0.2) is 18.2 Å². The lowest BCUT2D eigenvalue weighted by atomic mass is 9.99. The predicted octanol–water partition coefficient (Wildman–Crippen LogP) is 3.31. The first-order valence-electron chi connectivity index (χ1n) is 9.20. The molecule has 134 valence electrons. The second-order valence-corrected chi connectivity index (χ2v) is 7.13. The van der Waals surface area contributed by atoms with E-state index in [1.54, 1.807) is 0 Å². The first kappa shape index (κ1) is 18.8. The smallest absolute Gasteiger partial charge is 0.260 e. The van der Waals surface area contributed by atoms with Crippen molar-refractivity contribution in [1.82, 2.24) is 10.2 Å². The van der Waals surface area contributed by atoms with Gasteiger partial charge in [0.15, 0.2) is 6.10 Å². The minimum absolute atomic E-state index is 0.0387. The highest BCUT2D eigenvalue weighted by molar-refractivity contribution is 5.80. The molecule has 1 aliphatic heterocycles. The molecule has 1 heterocycles. The number of hydrogen-bond acceptors (Lipinski definition) is 3. The molecule has 1 amide bonds. The van der Waals surface area contributed by atoms with Crippen LogP contribution in [0, 0.1) is 19.8 Å². The zero-order valence-electron chi connectivity index (χ0n) is 15.6.